The van der Waals surface area contributed by atoms with Gasteiger partial charge in [0.15, 0.2) is 6.10 Å². The van der Waals surface area contributed by atoms with Gasteiger partial charge in [0, 0.05) is 0 Å². The highest BCUT2D eigenvalue weighted by atomic mass is 16.7. The summed E-state index contributed by atoms with van der Waals surface area (Å²) in [6.07, 6.45) is -0.505. The average molecular weight is 132 g/mol. The van der Waals surface area contributed by atoms with E-state index in [4.69, 9.17) is 9.47 Å². The number of hydrogen-bond donors (Lipinski definition) is 0. The molecule has 0 aromatic carbocycles. The smallest absolute Gasteiger partial charge is 0.337 e. The van der Waals surface area contributed by atoms with E-state index in [9.17, 15) is 4.79 Å². The van der Waals surface area contributed by atoms with Crippen LogP contribution in [0.1, 0.15) is 0 Å². The number of rotatable bonds is 1. The molecule has 0 aliphatic carbocycles. The molecule has 0 N–H and O–H groups in total. The van der Waals surface area contributed by atoms with E-state index in [1.807, 2.05) is 0 Å². The largest absolute Gasteiger partial charge is 0.467 e. The third kappa shape index (κ3) is 1.40. The lowest BCUT2D eigenvalue weighted by Gasteiger charge is -2.01. The van der Waals surface area contributed by atoms with Crippen molar-refractivity contribution in [1.29, 1.82) is 0 Å². The molecular weight excluding hydrogens is 124 g/mol. The van der Waals surface area contributed by atoms with Crippen molar-refractivity contribution < 1.29 is 19.0 Å². The molecule has 1 aliphatic heterocycles. The Morgan fingerprint density at radius 3 is 3.00 bits per heavy atom. The second kappa shape index (κ2) is 2.80. The Hall–Kier alpha value is -0.610. The molecule has 1 aliphatic rings. The van der Waals surface area contributed by atoms with E-state index in [0.29, 0.717) is 6.61 Å². The summed E-state index contributed by atoms with van der Waals surface area (Å²) < 4.78 is 14.0. The van der Waals surface area contributed by atoms with Crippen molar-refractivity contribution in [3.63, 3.8) is 0 Å². The molecule has 0 amide bonds. The lowest BCUT2D eigenvalue weighted by molar-refractivity contribution is -0.150. The minimum Gasteiger partial charge on any atom is -0.467 e. The average Bonchev–Trinajstić information content (AvgIpc) is 2.37. The van der Waals surface area contributed by atoms with Crippen LogP contribution in [0.25, 0.3) is 0 Å². The van der Waals surface area contributed by atoms with Crippen molar-refractivity contribution in [2.45, 2.75) is 6.10 Å². The quantitative estimate of drug-likeness (QED) is 0.452. The lowest BCUT2D eigenvalue weighted by atomic mass is 10.4. The third-order valence-corrected chi connectivity index (χ3v) is 1.09. The Balaban J connectivity index is 2.32. The van der Waals surface area contributed by atoms with Crippen LogP contribution in [0, 0.1) is 0 Å². The van der Waals surface area contributed by atoms with Crippen LogP contribution in [-0.2, 0) is 19.0 Å². The van der Waals surface area contributed by atoms with Crippen molar-refractivity contribution in [3.8, 4) is 0 Å². The van der Waals surface area contributed by atoms with E-state index in [2.05, 4.69) is 4.74 Å². The van der Waals surface area contributed by atoms with Gasteiger partial charge in [-0.3, -0.25) is 0 Å². The van der Waals surface area contributed by atoms with Crippen LogP contribution in [0.2, 0.25) is 0 Å². The second-order valence-electron chi connectivity index (χ2n) is 1.67. The fourth-order valence-corrected chi connectivity index (χ4v) is 0.601. The van der Waals surface area contributed by atoms with Crippen LogP contribution in [-0.4, -0.2) is 32.6 Å². The summed E-state index contributed by atoms with van der Waals surface area (Å²) >= 11 is 0. The molecule has 0 saturated carbocycles. The predicted molar refractivity (Wildman–Crippen MR) is 27.7 cm³/mol. The first-order chi connectivity index (χ1) is 4.34. The van der Waals surface area contributed by atoms with E-state index in [0.717, 1.165) is 0 Å². The van der Waals surface area contributed by atoms with E-state index < -0.39 is 6.10 Å². The first kappa shape index (κ1) is 6.51. The Kier molecular flexibility index (Phi) is 2.02. The fraction of sp³-hybridized carbons (Fsp3) is 0.800. The number of carbonyl (C=O) groups excluding carboxylic acids is 1. The first-order valence-electron chi connectivity index (χ1n) is 2.62. The molecule has 0 bridgehead atoms. The molecular formula is C5H8O4. The van der Waals surface area contributed by atoms with Gasteiger partial charge in [-0.25, -0.2) is 4.79 Å². The van der Waals surface area contributed by atoms with E-state index in [1.165, 1.54) is 7.11 Å². The first-order valence-corrected chi connectivity index (χ1v) is 2.62. The monoisotopic (exact) mass is 132 g/mol. The topological polar surface area (TPSA) is 44.8 Å². The van der Waals surface area contributed by atoms with Gasteiger partial charge in [0.25, 0.3) is 0 Å². The van der Waals surface area contributed by atoms with Crippen molar-refractivity contribution in [2.24, 2.45) is 0 Å². The number of ether oxygens (including phenoxy) is 3. The van der Waals surface area contributed by atoms with Gasteiger partial charge in [-0.15, -0.1) is 0 Å². The van der Waals surface area contributed by atoms with Crippen LogP contribution in [0.4, 0.5) is 0 Å². The molecule has 1 fully saturated rings. The number of hydrogen-bond acceptors (Lipinski definition) is 4. The molecule has 0 spiro atoms. The molecule has 1 rings (SSSR count). The van der Waals surface area contributed by atoms with Crippen molar-refractivity contribution in [1.82, 2.24) is 0 Å². The Morgan fingerprint density at radius 2 is 2.56 bits per heavy atom. The van der Waals surface area contributed by atoms with E-state index in [1.54, 1.807) is 0 Å². The summed E-state index contributed by atoms with van der Waals surface area (Å²) in [7, 11) is 1.32. The predicted octanol–water partition coefficient (Wildman–Crippen LogP) is -0.468. The summed E-state index contributed by atoms with van der Waals surface area (Å²) in [5.41, 5.74) is 0. The molecule has 0 radical (unpaired) electrons. The van der Waals surface area contributed by atoms with Crippen LogP contribution >= 0.6 is 0 Å². The Labute approximate surface area is 52.7 Å². The van der Waals surface area contributed by atoms with Gasteiger partial charge in [0.05, 0.1) is 13.7 Å². The van der Waals surface area contributed by atoms with Crippen molar-refractivity contribution in [3.05, 3.63) is 0 Å². The van der Waals surface area contributed by atoms with Gasteiger partial charge in [-0.2, -0.15) is 0 Å². The number of esters is 1. The van der Waals surface area contributed by atoms with Gasteiger partial charge >= 0.3 is 5.97 Å². The van der Waals surface area contributed by atoms with Gasteiger partial charge in [-0.05, 0) is 0 Å². The fourth-order valence-electron chi connectivity index (χ4n) is 0.601. The third-order valence-electron chi connectivity index (χ3n) is 1.09. The Bertz CT molecular complexity index is 106. The summed E-state index contributed by atoms with van der Waals surface area (Å²) in [6.45, 7) is 0.506. The standard InChI is InChI=1S/C5H8O4/c1-7-5(6)4-2-8-3-9-4/h4H,2-3H2,1H3/t4-/m0/s1. The van der Waals surface area contributed by atoms with Crippen molar-refractivity contribution in [2.75, 3.05) is 20.5 Å². The summed E-state index contributed by atoms with van der Waals surface area (Å²) in [6, 6.07) is 0. The second-order valence-corrected chi connectivity index (χ2v) is 1.67. The number of carbonyl (C=O) groups is 1. The maximum atomic E-state index is 10.6. The number of methoxy groups -OCH3 is 1. The molecule has 52 valence electrons. The molecule has 4 heteroatoms. The van der Waals surface area contributed by atoms with Gasteiger partial charge in [-0.1, -0.05) is 0 Å². The zero-order valence-electron chi connectivity index (χ0n) is 5.12. The zero-order chi connectivity index (χ0) is 6.69. The highest BCUT2D eigenvalue weighted by molar-refractivity contribution is 5.74. The molecule has 1 heterocycles. The Morgan fingerprint density at radius 1 is 1.78 bits per heavy atom. The van der Waals surface area contributed by atoms with Gasteiger partial charge < -0.3 is 14.2 Å². The summed E-state index contributed by atoms with van der Waals surface area (Å²) in [5, 5.41) is 0. The summed E-state index contributed by atoms with van der Waals surface area (Å²) in [5.74, 6) is -0.368. The highest BCUT2D eigenvalue weighted by Gasteiger charge is 2.24. The van der Waals surface area contributed by atoms with Crippen LogP contribution in [0.15, 0.2) is 0 Å². The molecule has 4 nitrogen and oxygen atoms in total. The molecule has 0 aromatic heterocycles. The van der Waals surface area contributed by atoms with Crippen LogP contribution in [0.5, 0.6) is 0 Å². The normalized spacial score (nSPS) is 26.1. The molecule has 9 heavy (non-hydrogen) atoms. The minimum absolute atomic E-state index is 0.194. The highest BCUT2D eigenvalue weighted by Crippen LogP contribution is 2.03. The molecule has 0 aromatic rings. The van der Waals surface area contributed by atoms with E-state index in [-0.39, 0.29) is 12.8 Å². The van der Waals surface area contributed by atoms with Gasteiger partial charge in [0.1, 0.15) is 6.79 Å². The zero-order valence-corrected chi connectivity index (χ0v) is 5.12. The maximum Gasteiger partial charge on any atom is 0.337 e. The van der Waals surface area contributed by atoms with Crippen LogP contribution in [0.3, 0.4) is 0 Å². The van der Waals surface area contributed by atoms with E-state index >= 15 is 0 Å². The van der Waals surface area contributed by atoms with Gasteiger partial charge in [0.2, 0.25) is 0 Å². The lowest BCUT2D eigenvalue weighted by Crippen LogP contribution is -2.23. The molecule has 0 unspecified atom stereocenters. The summed E-state index contributed by atoms with van der Waals surface area (Å²) in [4.78, 5) is 10.6. The molecule has 1 saturated heterocycles. The van der Waals surface area contributed by atoms with Crippen LogP contribution < -0.4 is 0 Å². The maximum absolute atomic E-state index is 10.6. The van der Waals surface area contributed by atoms with Crippen molar-refractivity contribution >= 4 is 5.97 Å². The SMILES string of the molecule is COC(=O)[C@@H]1COCO1. The minimum atomic E-state index is -0.505. The molecule has 1 atom stereocenters.